The average Bonchev–Trinajstić information content (AvgIpc) is 3.79. The van der Waals surface area contributed by atoms with E-state index in [9.17, 15) is 4.79 Å². The van der Waals surface area contributed by atoms with Gasteiger partial charge in [-0.2, -0.15) is 0 Å². The molecule has 0 saturated heterocycles. The molecule has 0 radical (unpaired) electrons. The van der Waals surface area contributed by atoms with Gasteiger partial charge in [0.2, 0.25) is 0 Å². The van der Waals surface area contributed by atoms with Gasteiger partial charge in [0, 0.05) is 43.1 Å². The molecule has 2 heterocycles. The van der Waals surface area contributed by atoms with Gasteiger partial charge in [0.05, 0.1) is 52.4 Å². The lowest BCUT2D eigenvalue weighted by atomic mass is 10.2. The molecule has 0 aliphatic heterocycles. The van der Waals surface area contributed by atoms with Crippen molar-refractivity contribution in [3.63, 3.8) is 0 Å². The number of aromatic nitrogens is 2. The van der Waals surface area contributed by atoms with Crippen molar-refractivity contribution < 1.29 is 25.2 Å². The smallest absolute Gasteiger partial charge is 0.150 e. The van der Waals surface area contributed by atoms with Gasteiger partial charge in [-0.1, -0.05) is 42.5 Å². The lowest BCUT2D eigenvalue weighted by molar-refractivity contribution is 0.112. The number of thiazole rings is 2. The maximum Gasteiger partial charge on any atom is 0.150 e. The van der Waals surface area contributed by atoms with Crippen molar-refractivity contribution in [2.75, 3.05) is 62.4 Å². The summed E-state index contributed by atoms with van der Waals surface area (Å²) in [4.78, 5) is 23.0. The van der Waals surface area contributed by atoms with Crippen LogP contribution in [0, 0.1) is 0 Å². The van der Waals surface area contributed by atoms with Gasteiger partial charge in [0.1, 0.15) is 11.3 Å². The quantitative estimate of drug-likeness (QED) is 0.111. The molecule has 0 bridgehead atoms. The summed E-state index contributed by atoms with van der Waals surface area (Å²) in [5.41, 5.74) is 7.59. The zero-order chi connectivity index (χ0) is 34.0. The zero-order valence-corrected chi connectivity index (χ0v) is 28.1. The first kappa shape index (κ1) is 36.3. The standard InChI is InChI=1S/C19H20N2O2S.C11H15NO3.C7H5NS/c22-13-11-21(12-14-23)16-8-5-15(6-9-16)7-10-19-20-17-3-1-2-4-18(17)24-19;13-7-5-12(6-8-14)11-3-1-10(9-15)2-4-11;1-2-4-7-6(3-1)8-5-9-7/h1-10,22-23H,11-14H2;1-4,9,13-14H,5-8H2;1-5H/b10-7+;;. The molecular weight excluding hydrogens is 645 g/mol. The Kier molecular flexibility index (Phi) is 15.1. The summed E-state index contributed by atoms with van der Waals surface area (Å²) in [7, 11) is 0. The number of fused-ring (bicyclic) bond motifs is 2. The number of para-hydroxylation sites is 2. The number of anilines is 2. The fourth-order valence-electron chi connectivity index (χ4n) is 4.72. The van der Waals surface area contributed by atoms with Crippen LogP contribution >= 0.6 is 22.7 Å². The van der Waals surface area contributed by atoms with Gasteiger partial charge in [-0.05, 0) is 72.3 Å². The summed E-state index contributed by atoms with van der Waals surface area (Å²) < 4.78 is 2.45. The van der Waals surface area contributed by atoms with Crippen molar-refractivity contribution in [1.29, 1.82) is 0 Å². The monoisotopic (exact) mass is 684 g/mol. The fourth-order valence-corrected chi connectivity index (χ4v) is 6.26. The molecule has 6 aromatic rings. The van der Waals surface area contributed by atoms with Gasteiger partial charge < -0.3 is 30.2 Å². The van der Waals surface area contributed by atoms with Crippen LogP contribution < -0.4 is 9.80 Å². The molecule has 4 N–H and O–H groups in total. The first-order valence-corrected chi connectivity index (χ1v) is 17.2. The topological polar surface area (TPSA) is 130 Å². The molecule has 0 saturated carbocycles. The average molecular weight is 685 g/mol. The number of aldehydes is 1. The second kappa shape index (κ2) is 20.0. The summed E-state index contributed by atoms with van der Waals surface area (Å²) in [6.45, 7) is 2.19. The van der Waals surface area contributed by atoms with Gasteiger partial charge in [-0.15, -0.1) is 22.7 Å². The number of aliphatic hydroxyl groups excluding tert-OH is 4. The van der Waals surface area contributed by atoms with Gasteiger partial charge in [0.15, 0.2) is 0 Å². The van der Waals surface area contributed by atoms with Crippen LogP contribution in [0.25, 0.3) is 32.6 Å². The number of aliphatic hydroxyl groups is 4. The third kappa shape index (κ3) is 11.1. The highest BCUT2D eigenvalue weighted by molar-refractivity contribution is 7.19. The number of carbonyl (C=O) groups excluding carboxylic acids is 1. The Morgan fingerprint density at radius 2 is 1.08 bits per heavy atom. The molecule has 0 aliphatic rings. The third-order valence-electron chi connectivity index (χ3n) is 7.10. The molecule has 0 fully saturated rings. The molecule has 11 heteroatoms. The molecule has 0 atom stereocenters. The maximum atomic E-state index is 10.4. The fraction of sp³-hybridized carbons (Fsp3) is 0.216. The molecule has 0 amide bonds. The van der Waals surface area contributed by atoms with Crippen molar-refractivity contribution >= 4 is 72.9 Å². The van der Waals surface area contributed by atoms with Crippen LogP contribution in [0.3, 0.4) is 0 Å². The number of nitrogens with zero attached hydrogens (tertiary/aromatic N) is 4. The van der Waals surface area contributed by atoms with Crippen LogP contribution in [0.5, 0.6) is 0 Å². The van der Waals surface area contributed by atoms with E-state index >= 15 is 0 Å². The first-order valence-electron chi connectivity index (χ1n) is 15.5. The van der Waals surface area contributed by atoms with Crippen LogP contribution in [-0.4, -0.2) is 89.3 Å². The molecule has 6 rings (SSSR count). The molecule has 0 aliphatic carbocycles. The predicted octanol–water partition coefficient (Wildman–Crippen LogP) is 5.84. The van der Waals surface area contributed by atoms with E-state index in [1.807, 2.05) is 88.1 Å². The molecule has 0 unspecified atom stereocenters. The van der Waals surface area contributed by atoms with Crippen molar-refractivity contribution in [2.24, 2.45) is 0 Å². The molecule has 250 valence electrons. The van der Waals surface area contributed by atoms with Crippen molar-refractivity contribution in [1.82, 2.24) is 9.97 Å². The van der Waals surface area contributed by atoms with E-state index < -0.39 is 0 Å². The van der Waals surface area contributed by atoms with Gasteiger partial charge in [-0.3, -0.25) is 4.79 Å². The molecule has 0 spiro atoms. The molecule has 9 nitrogen and oxygen atoms in total. The highest BCUT2D eigenvalue weighted by Gasteiger charge is 2.06. The van der Waals surface area contributed by atoms with Gasteiger partial charge in [0.25, 0.3) is 0 Å². The van der Waals surface area contributed by atoms with E-state index in [0.29, 0.717) is 31.7 Å². The summed E-state index contributed by atoms with van der Waals surface area (Å²) >= 11 is 3.35. The minimum absolute atomic E-state index is 0.0371. The Labute approximate surface area is 288 Å². The molecule has 4 aromatic carbocycles. The van der Waals surface area contributed by atoms with E-state index in [4.69, 9.17) is 20.4 Å². The third-order valence-corrected chi connectivity index (χ3v) is 8.91. The van der Waals surface area contributed by atoms with E-state index in [1.54, 1.807) is 46.9 Å². The van der Waals surface area contributed by atoms with Crippen LogP contribution in [0.2, 0.25) is 0 Å². The molecule has 2 aromatic heterocycles. The lowest BCUT2D eigenvalue weighted by Gasteiger charge is -2.22. The second-order valence-corrected chi connectivity index (χ2v) is 12.3. The summed E-state index contributed by atoms with van der Waals surface area (Å²) in [6.07, 6.45) is 4.86. The highest BCUT2D eigenvalue weighted by Crippen LogP contribution is 2.24. The predicted molar refractivity (Wildman–Crippen MR) is 199 cm³/mol. The summed E-state index contributed by atoms with van der Waals surface area (Å²) in [5, 5.41) is 36.9. The van der Waals surface area contributed by atoms with Crippen molar-refractivity contribution in [2.45, 2.75) is 0 Å². The maximum absolute atomic E-state index is 10.4. The number of carbonyl (C=O) groups is 1. The highest BCUT2D eigenvalue weighted by atomic mass is 32.1. The van der Waals surface area contributed by atoms with Crippen molar-refractivity contribution in [3.8, 4) is 0 Å². The van der Waals surface area contributed by atoms with Gasteiger partial charge in [-0.25, -0.2) is 9.97 Å². The van der Waals surface area contributed by atoms with Crippen LogP contribution in [0.4, 0.5) is 11.4 Å². The zero-order valence-electron chi connectivity index (χ0n) is 26.5. The largest absolute Gasteiger partial charge is 0.395 e. The Hall–Kier alpha value is -4.49. The minimum Gasteiger partial charge on any atom is -0.395 e. The van der Waals surface area contributed by atoms with Crippen LogP contribution in [0.15, 0.2) is 103 Å². The SMILES string of the molecule is O=Cc1ccc(N(CCO)CCO)cc1.OCCN(CCO)c1ccc(/C=C/c2nc3ccccc3s2)cc1.c1ccc2scnc2c1. The lowest BCUT2D eigenvalue weighted by Crippen LogP contribution is -2.29. The van der Waals surface area contributed by atoms with Crippen LogP contribution in [0.1, 0.15) is 20.9 Å². The number of hydrogen-bond donors (Lipinski definition) is 4. The van der Waals surface area contributed by atoms with E-state index in [0.717, 1.165) is 39.3 Å². The number of rotatable bonds is 13. The van der Waals surface area contributed by atoms with E-state index in [1.165, 1.54) is 9.40 Å². The second-order valence-electron chi connectivity index (χ2n) is 10.3. The normalized spacial score (nSPS) is 10.8. The number of benzene rings is 4. The van der Waals surface area contributed by atoms with E-state index in [2.05, 4.69) is 22.1 Å². The Balaban J connectivity index is 0.000000183. The van der Waals surface area contributed by atoms with Gasteiger partial charge >= 0.3 is 0 Å². The summed E-state index contributed by atoms with van der Waals surface area (Å²) in [6, 6.07) is 31.3. The van der Waals surface area contributed by atoms with E-state index in [-0.39, 0.29) is 26.4 Å². The Bertz CT molecular complexity index is 1750. The first-order chi connectivity index (χ1) is 23.6. The molecular formula is C37H40N4O5S2. The van der Waals surface area contributed by atoms with Crippen molar-refractivity contribution in [3.05, 3.63) is 119 Å². The number of hydrogen-bond acceptors (Lipinski definition) is 11. The minimum atomic E-state index is 0.0371. The Morgan fingerprint density at radius 3 is 1.58 bits per heavy atom. The van der Waals surface area contributed by atoms with Crippen LogP contribution in [-0.2, 0) is 0 Å². The summed E-state index contributed by atoms with van der Waals surface area (Å²) in [5.74, 6) is 0. The Morgan fingerprint density at radius 1 is 0.583 bits per heavy atom. The molecule has 48 heavy (non-hydrogen) atoms.